The number of halogens is 2. The summed E-state index contributed by atoms with van der Waals surface area (Å²) in [7, 11) is 0. The van der Waals surface area contributed by atoms with Crippen LogP contribution in [0, 0.1) is 0 Å². The van der Waals surface area contributed by atoms with E-state index in [1.54, 1.807) is 60.7 Å². The molecule has 0 spiro atoms. The van der Waals surface area contributed by atoms with E-state index < -0.39 is 5.97 Å². The average molecular weight is 575 g/mol. The fourth-order valence-corrected chi connectivity index (χ4v) is 5.11. The third-order valence-corrected chi connectivity index (χ3v) is 7.53. The molecule has 0 bridgehead atoms. The molecule has 0 atom stereocenters. The van der Waals surface area contributed by atoms with Crippen LogP contribution < -0.4 is 14.9 Å². The summed E-state index contributed by atoms with van der Waals surface area (Å²) < 4.78 is 12.1. The summed E-state index contributed by atoms with van der Waals surface area (Å²) in [6.45, 7) is 0.393. The molecule has 9 heteroatoms. The molecule has 0 saturated heterocycles. The van der Waals surface area contributed by atoms with Gasteiger partial charge in [0.1, 0.15) is 23.0 Å². The standard InChI is InChI=1S/C30H20Cl2N2O4S/c31-22-11-5-20(6-12-22)18-37-23-15-9-21(10-16-23)29(35)34-33-17-19-7-13-24(14-8-19)38-30(36)28-27(32)25-3-1-2-4-26(25)39-28/h1-17H,18H2,(H,34,35)/b33-17-. The SMILES string of the molecule is O=C(N/N=C\c1ccc(OC(=O)c2sc3ccccc3c2Cl)cc1)c1ccc(OCc2ccc(Cl)cc2)cc1. The third-order valence-electron chi connectivity index (χ3n) is 5.63. The van der Waals surface area contributed by atoms with Crippen LogP contribution >= 0.6 is 34.5 Å². The number of benzene rings is 4. The molecule has 1 aromatic heterocycles. The van der Waals surface area contributed by atoms with Crippen molar-refractivity contribution >= 4 is 62.7 Å². The van der Waals surface area contributed by atoms with Gasteiger partial charge in [-0.3, -0.25) is 4.79 Å². The number of nitrogens with one attached hydrogen (secondary N) is 1. The van der Waals surface area contributed by atoms with Crippen molar-refractivity contribution in [3.8, 4) is 11.5 Å². The van der Waals surface area contributed by atoms with E-state index in [1.807, 2.05) is 36.4 Å². The predicted octanol–water partition coefficient (Wildman–Crippen LogP) is 7.77. The summed E-state index contributed by atoms with van der Waals surface area (Å²) in [5, 5.41) is 5.89. The maximum absolute atomic E-state index is 12.6. The number of hydrazone groups is 1. The van der Waals surface area contributed by atoms with Gasteiger partial charge >= 0.3 is 5.97 Å². The van der Waals surface area contributed by atoms with Crippen LogP contribution in [0.15, 0.2) is 102 Å². The fraction of sp³-hybridized carbons (Fsp3) is 0.0333. The van der Waals surface area contributed by atoms with Crippen molar-refractivity contribution in [3.05, 3.63) is 129 Å². The number of fused-ring (bicyclic) bond motifs is 1. The lowest BCUT2D eigenvalue weighted by Crippen LogP contribution is -2.17. The van der Waals surface area contributed by atoms with E-state index >= 15 is 0 Å². The number of nitrogens with zero attached hydrogens (tertiary/aromatic N) is 1. The van der Waals surface area contributed by atoms with Gasteiger partial charge in [0.2, 0.25) is 0 Å². The van der Waals surface area contributed by atoms with E-state index in [0.717, 1.165) is 15.6 Å². The number of amides is 1. The van der Waals surface area contributed by atoms with Crippen LogP contribution in [-0.2, 0) is 6.61 Å². The fourth-order valence-electron chi connectivity index (χ4n) is 3.60. The van der Waals surface area contributed by atoms with Gasteiger partial charge in [-0.05, 0) is 77.9 Å². The van der Waals surface area contributed by atoms with Crippen LogP contribution in [0.3, 0.4) is 0 Å². The van der Waals surface area contributed by atoms with Crippen molar-refractivity contribution in [2.75, 3.05) is 0 Å². The second-order valence-corrected chi connectivity index (χ2v) is 10.2. The van der Waals surface area contributed by atoms with Crippen molar-refractivity contribution in [1.29, 1.82) is 0 Å². The lowest BCUT2D eigenvalue weighted by Gasteiger charge is -2.07. The smallest absolute Gasteiger partial charge is 0.355 e. The van der Waals surface area contributed by atoms with E-state index in [0.29, 0.717) is 44.2 Å². The van der Waals surface area contributed by atoms with Crippen molar-refractivity contribution in [3.63, 3.8) is 0 Å². The number of hydrogen-bond donors (Lipinski definition) is 1. The zero-order chi connectivity index (χ0) is 27.2. The Morgan fingerprint density at radius 1 is 0.846 bits per heavy atom. The van der Waals surface area contributed by atoms with Crippen molar-refractivity contribution in [1.82, 2.24) is 5.43 Å². The number of thiophene rings is 1. The summed E-state index contributed by atoms with van der Waals surface area (Å²) in [6.07, 6.45) is 1.50. The molecule has 39 heavy (non-hydrogen) atoms. The number of rotatable bonds is 8. The molecule has 0 aliphatic rings. The second kappa shape index (κ2) is 12.1. The summed E-state index contributed by atoms with van der Waals surface area (Å²) in [6, 6.07) is 28.4. The number of carbonyl (C=O) groups is 2. The van der Waals surface area contributed by atoms with Crippen LogP contribution in [0.2, 0.25) is 10.0 Å². The Hall–Kier alpha value is -4.17. The Labute approximate surface area is 238 Å². The second-order valence-electron chi connectivity index (χ2n) is 8.34. The van der Waals surface area contributed by atoms with Gasteiger partial charge in [-0.25, -0.2) is 10.2 Å². The van der Waals surface area contributed by atoms with Crippen LogP contribution in [-0.4, -0.2) is 18.1 Å². The number of carbonyl (C=O) groups excluding carboxylic acids is 2. The molecular formula is C30H20Cl2N2O4S. The van der Waals surface area contributed by atoms with Crippen molar-refractivity contribution in [2.45, 2.75) is 6.61 Å². The molecule has 5 rings (SSSR count). The maximum Gasteiger partial charge on any atom is 0.355 e. The lowest BCUT2D eigenvalue weighted by molar-refractivity contribution is 0.0739. The molecule has 6 nitrogen and oxygen atoms in total. The van der Waals surface area contributed by atoms with E-state index in [-0.39, 0.29) is 5.91 Å². The highest BCUT2D eigenvalue weighted by Crippen LogP contribution is 2.35. The molecule has 4 aromatic carbocycles. The zero-order valence-corrected chi connectivity index (χ0v) is 22.6. The summed E-state index contributed by atoms with van der Waals surface area (Å²) >= 11 is 13.6. The first-order chi connectivity index (χ1) is 19.0. The van der Waals surface area contributed by atoms with E-state index in [9.17, 15) is 9.59 Å². The van der Waals surface area contributed by atoms with Gasteiger partial charge in [0, 0.05) is 20.7 Å². The topological polar surface area (TPSA) is 77.0 Å². The largest absolute Gasteiger partial charge is 0.489 e. The quantitative estimate of drug-likeness (QED) is 0.0888. The molecule has 0 radical (unpaired) electrons. The molecule has 194 valence electrons. The van der Waals surface area contributed by atoms with Gasteiger partial charge in [-0.15, -0.1) is 11.3 Å². The minimum absolute atomic E-state index is 0.354. The summed E-state index contributed by atoms with van der Waals surface area (Å²) in [5.41, 5.74) is 4.63. The molecule has 0 unspecified atom stereocenters. The van der Waals surface area contributed by atoms with Crippen LogP contribution in [0.25, 0.3) is 10.1 Å². The summed E-state index contributed by atoms with van der Waals surface area (Å²) in [5.74, 6) is 0.131. The van der Waals surface area contributed by atoms with Gasteiger partial charge in [0.15, 0.2) is 0 Å². The van der Waals surface area contributed by atoms with Crippen LogP contribution in [0.5, 0.6) is 11.5 Å². The van der Waals surface area contributed by atoms with Gasteiger partial charge in [0.05, 0.1) is 11.2 Å². The molecule has 0 aliphatic heterocycles. The zero-order valence-electron chi connectivity index (χ0n) is 20.3. The first kappa shape index (κ1) is 26.4. The highest BCUT2D eigenvalue weighted by molar-refractivity contribution is 7.21. The highest BCUT2D eigenvalue weighted by atomic mass is 35.5. The maximum atomic E-state index is 12.6. The normalized spacial score (nSPS) is 11.0. The predicted molar refractivity (Wildman–Crippen MR) is 156 cm³/mol. The molecular weight excluding hydrogens is 555 g/mol. The molecule has 1 amide bonds. The van der Waals surface area contributed by atoms with Crippen molar-refractivity contribution < 1.29 is 19.1 Å². The minimum Gasteiger partial charge on any atom is -0.489 e. The average Bonchev–Trinajstić information content (AvgIpc) is 3.30. The van der Waals surface area contributed by atoms with Gasteiger partial charge in [0.25, 0.3) is 5.91 Å². The molecule has 1 heterocycles. The number of ether oxygens (including phenoxy) is 2. The van der Waals surface area contributed by atoms with Gasteiger partial charge < -0.3 is 9.47 Å². The van der Waals surface area contributed by atoms with Crippen molar-refractivity contribution in [2.24, 2.45) is 5.10 Å². The Bertz CT molecular complexity index is 1650. The van der Waals surface area contributed by atoms with Crippen LogP contribution in [0.4, 0.5) is 0 Å². The Morgan fingerprint density at radius 3 is 2.26 bits per heavy atom. The van der Waals surface area contributed by atoms with Crippen LogP contribution in [0.1, 0.15) is 31.2 Å². The third kappa shape index (κ3) is 6.64. The monoisotopic (exact) mass is 574 g/mol. The van der Waals surface area contributed by atoms with E-state index in [1.165, 1.54) is 17.6 Å². The molecule has 0 aliphatic carbocycles. The lowest BCUT2D eigenvalue weighted by atomic mass is 10.2. The van der Waals surface area contributed by atoms with Gasteiger partial charge in [-0.2, -0.15) is 5.10 Å². The molecule has 0 fully saturated rings. The van der Waals surface area contributed by atoms with E-state index in [4.69, 9.17) is 32.7 Å². The number of hydrogen-bond acceptors (Lipinski definition) is 6. The first-order valence-electron chi connectivity index (χ1n) is 11.8. The Kier molecular flexibility index (Phi) is 8.22. The highest BCUT2D eigenvalue weighted by Gasteiger charge is 2.18. The van der Waals surface area contributed by atoms with E-state index in [2.05, 4.69) is 10.5 Å². The minimum atomic E-state index is -0.517. The molecule has 0 saturated carbocycles. The summed E-state index contributed by atoms with van der Waals surface area (Å²) in [4.78, 5) is 25.4. The Balaban J connectivity index is 1.12. The molecule has 5 aromatic rings. The Morgan fingerprint density at radius 2 is 1.54 bits per heavy atom. The number of esters is 1. The molecule has 1 N–H and O–H groups in total. The first-order valence-corrected chi connectivity index (χ1v) is 13.3. The van der Waals surface area contributed by atoms with Gasteiger partial charge in [-0.1, -0.05) is 53.5 Å².